The number of piperazine rings is 1. The van der Waals surface area contributed by atoms with Crippen molar-refractivity contribution < 1.29 is 23.9 Å². The molecule has 6 nitrogen and oxygen atoms in total. The lowest BCUT2D eigenvalue weighted by atomic mass is 10.1. The van der Waals surface area contributed by atoms with Crippen LogP contribution in [0.25, 0.3) is 0 Å². The Morgan fingerprint density at radius 2 is 2.00 bits per heavy atom. The first-order valence-corrected chi connectivity index (χ1v) is 6.41. The highest BCUT2D eigenvalue weighted by Crippen LogP contribution is 2.32. The van der Waals surface area contributed by atoms with Crippen LogP contribution in [0.5, 0.6) is 0 Å². The molecule has 2 amide bonds. The van der Waals surface area contributed by atoms with Crippen molar-refractivity contribution in [3.8, 4) is 0 Å². The monoisotopic (exact) mass is 272 g/mol. The second kappa shape index (κ2) is 5.54. The summed E-state index contributed by atoms with van der Waals surface area (Å²) in [6, 6.07) is -0.981. The summed E-state index contributed by atoms with van der Waals surface area (Å²) in [4.78, 5) is 37.7. The summed E-state index contributed by atoms with van der Waals surface area (Å²) in [5.41, 5.74) is 0. The van der Waals surface area contributed by atoms with Crippen LogP contribution in [-0.2, 0) is 14.4 Å². The summed E-state index contributed by atoms with van der Waals surface area (Å²) in [6.07, 6.45) is 1.19. The predicted molar refractivity (Wildman–Crippen MR) is 63.0 cm³/mol. The largest absolute Gasteiger partial charge is 0.481 e. The molecule has 2 aliphatic rings. The molecule has 1 N–H and O–H groups in total. The third kappa shape index (κ3) is 3.02. The van der Waals surface area contributed by atoms with E-state index in [0.29, 0.717) is 6.54 Å². The minimum absolute atomic E-state index is 0.0413. The normalized spacial score (nSPS) is 23.6. The Labute approximate surface area is 110 Å². The van der Waals surface area contributed by atoms with Gasteiger partial charge in [0.2, 0.25) is 11.8 Å². The fourth-order valence-electron chi connectivity index (χ4n) is 2.35. The second-order valence-electron chi connectivity index (χ2n) is 4.93. The number of hydrogen-bond acceptors (Lipinski definition) is 3. The molecule has 2 rings (SSSR count). The number of amides is 2. The summed E-state index contributed by atoms with van der Waals surface area (Å²) < 4.78 is 12.3. The van der Waals surface area contributed by atoms with E-state index in [1.54, 1.807) is 0 Å². The van der Waals surface area contributed by atoms with Crippen molar-refractivity contribution in [2.24, 2.45) is 5.92 Å². The minimum Gasteiger partial charge on any atom is -0.481 e. The zero-order chi connectivity index (χ0) is 14.0. The van der Waals surface area contributed by atoms with Gasteiger partial charge in [-0.2, -0.15) is 0 Å². The van der Waals surface area contributed by atoms with Gasteiger partial charge in [0, 0.05) is 25.6 Å². The third-order valence-electron chi connectivity index (χ3n) is 3.52. The summed E-state index contributed by atoms with van der Waals surface area (Å²) in [5.74, 6) is -1.79. The van der Waals surface area contributed by atoms with Gasteiger partial charge in [0.15, 0.2) is 0 Å². The van der Waals surface area contributed by atoms with Crippen molar-refractivity contribution in [1.29, 1.82) is 0 Å². The fraction of sp³-hybridized carbons (Fsp3) is 0.750. The highest BCUT2D eigenvalue weighted by Gasteiger charge is 2.43. The predicted octanol–water partition coefficient (Wildman–Crippen LogP) is -0.120. The van der Waals surface area contributed by atoms with E-state index in [-0.39, 0.29) is 24.9 Å². The molecule has 0 radical (unpaired) electrons. The maximum absolute atomic E-state index is 12.3. The lowest BCUT2D eigenvalue weighted by Crippen LogP contribution is -2.59. The Balaban J connectivity index is 2.11. The van der Waals surface area contributed by atoms with Crippen LogP contribution in [0.3, 0.4) is 0 Å². The highest BCUT2D eigenvalue weighted by atomic mass is 19.1. The quantitative estimate of drug-likeness (QED) is 0.757. The number of aliphatic carboxylic acids is 1. The number of hydrogen-bond donors (Lipinski definition) is 1. The van der Waals surface area contributed by atoms with Crippen LogP contribution in [0.1, 0.15) is 19.3 Å². The third-order valence-corrected chi connectivity index (χ3v) is 3.52. The molecular formula is C12H17FN2O4. The molecule has 2 fully saturated rings. The van der Waals surface area contributed by atoms with Crippen molar-refractivity contribution >= 4 is 17.8 Å². The molecule has 106 valence electrons. The molecule has 0 aromatic rings. The number of carbonyl (C=O) groups is 3. The molecule has 1 aliphatic heterocycles. The van der Waals surface area contributed by atoms with E-state index in [2.05, 4.69) is 0 Å². The van der Waals surface area contributed by atoms with Gasteiger partial charge in [-0.1, -0.05) is 0 Å². The van der Waals surface area contributed by atoms with Gasteiger partial charge in [-0.3, -0.25) is 14.4 Å². The molecule has 7 heteroatoms. The molecule has 0 bridgehead atoms. The number of halogens is 1. The van der Waals surface area contributed by atoms with E-state index in [9.17, 15) is 18.8 Å². The SMILES string of the molecule is O=C(O)CC1C(=O)N(CCF)CCN1C(=O)C1CC1. The Morgan fingerprint density at radius 1 is 1.32 bits per heavy atom. The summed E-state index contributed by atoms with van der Waals surface area (Å²) in [7, 11) is 0. The molecule has 0 aromatic heterocycles. The standard InChI is InChI=1S/C12H17FN2O4/c13-3-4-14-5-6-15(11(18)8-1-2-8)9(12(14)19)7-10(16)17/h8-9H,1-7H2,(H,16,17). The Morgan fingerprint density at radius 3 is 2.53 bits per heavy atom. The van der Waals surface area contributed by atoms with Gasteiger partial charge < -0.3 is 14.9 Å². The van der Waals surface area contributed by atoms with Crippen molar-refractivity contribution in [3.05, 3.63) is 0 Å². The lowest BCUT2D eigenvalue weighted by molar-refractivity contribution is -0.156. The van der Waals surface area contributed by atoms with Gasteiger partial charge in [-0.15, -0.1) is 0 Å². The first-order chi connectivity index (χ1) is 9.04. The minimum atomic E-state index is -1.13. The van der Waals surface area contributed by atoms with Crippen molar-refractivity contribution in [2.45, 2.75) is 25.3 Å². The zero-order valence-electron chi connectivity index (χ0n) is 10.5. The van der Waals surface area contributed by atoms with Gasteiger partial charge in [0.25, 0.3) is 0 Å². The molecule has 1 unspecified atom stereocenters. The molecule has 1 atom stereocenters. The number of carbonyl (C=O) groups excluding carboxylic acids is 2. The van der Waals surface area contributed by atoms with Crippen LogP contribution >= 0.6 is 0 Å². The molecule has 1 aliphatic carbocycles. The van der Waals surface area contributed by atoms with Gasteiger partial charge in [0.05, 0.1) is 6.42 Å². The Hall–Kier alpha value is -1.66. The fourth-order valence-corrected chi connectivity index (χ4v) is 2.35. The van der Waals surface area contributed by atoms with Crippen LogP contribution in [-0.4, -0.2) is 65.0 Å². The van der Waals surface area contributed by atoms with Crippen molar-refractivity contribution in [2.75, 3.05) is 26.3 Å². The zero-order valence-corrected chi connectivity index (χ0v) is 10.5. The molecule has 1 saturated heterocycles. The lowest BCUT2D eigenvalue weighted by Gasteiger charge is -2.40. The van der Waals surface area contributed by atoms with Crippen molar-refractivity contribution in [3.63, 3.8) is 0 Å². The highest BCUT2D eigenvalue weighted by molar-refractivity contribution is 5.92. The average molecular weight is 272 g/mol. The van der Waals surface area contributed by atoms with Crippen LogP contribution < -0.4 is 0 Å². The maximum Gasteiger partial charge on any atom is 0.305 e. The summed E-state index contributed by atoms with van der Waals surface area (Å²) in [5, 5.41) is 8.87. The Bertz CT molecular complexity index is 397. The first-order valence-electron chi connectivity index (χ1n) is 6.41. The molecule has 0 spiro atoms. The molecule has 0 aromatic carbocycles. The van der Waals surface area contributed by atoms with E-state index in [1.165, 1.54) is 9.80 Å². The smallest absolute Gasteiger partial charge is 0.305 e. The first kappa shape index (κ1) is 13.8. The van der Waals surface area contributed by atoms with Crippen LogP contribution in [0, 0.1) is 5.92 Å². The van der Waals surface area contributed by atoms with Gasteiger partial charge in [-0.25, -0.2) is 4.39 Å². The van der Waals surface area contributed by atoms with E-state index < -0.39 is 31.0 Å². The van der Waals surface area contributed by atoms with Gasteiger partial charge in [-0.05, 0) is 12.8 Å². The average Bonchev–Trinajstić information content (AvgIpc) is 3.17. The van der Waals surface area contributed by atoms with Gasteiger partial charge >= 0.3 is 5.97 Å². The van der Waals surface area contributed by atoms with Gasteiger partial charge in [0.1, 0.15) is 12.7 Å². The molecule has 1 heterocycles. The number of rotatable bonds is 5. The maximum atomic E-state index is 12.3. The number of alkyl halides is 1. The van der Waals surface area contributed by atoms with Crippen molar-refractivity contribution in [1.82, 2.24) is 9.80 Å². The van der Waals surface area contributed by atoms with E-state index in [0.717, 1.165) is 12.8 Å². The van der Waals surface area contributed by atoms with Crippen LogP contribution in [0.4, 0.5) is 4.39 Å². The van der Waals surface area contributed by atoms with Crippen LogP contribution in [0.2, 0.25) is 0 Å². The summed E-state index contributed by atoms with van der Waals surface area (Å²) in [6.45, 7) is -0.140. The number of carboxylic acid groups (broad SMARTS) is 1. The van der Waals surface area contributed by atoms with E-state index >= 15 is 0 Å². The number of nitrogens with zero attached hydrogens (tertiary/aromatic N) is 2. The van der Waals surface area contributed by atoms with Crippen LogP contribution in [0.15, 0.2) is 0 Å². The second-order valence-corrected chi connectivity index (χ2v) is 4.93. The summed E-state index contributed by atoms with van der Waals surface area (Å²) >= 11 is 0. The topological polar surface area (TPSA) is 77.9 Å². The molecule has 19 heavy (non-hydrogen) atoms. The molecule has 1 saturated carbocycles. The Kier molecular flexibility index (Phi) is 4.01. The van der Waals surface area contributed by atoms with E-state index in [1.807, 2.05) is 0 Å². The molecular weight excluding hydrogens is 255 g/mol. The number of carboxylic acids is 1. The van der Waals surface area contributed by atoms with E-state index in [4.69, 9.17) is 5.11 Å².